The van der Waals surface area contributed by atoms with Crippen molar-refractivity contribution in [2.45, 2.75) is 6.10 Å². The van der Waals surface area contributed by atoms with Crippen LogP contribution in [-0.4, -0.2) is 13.1 Å². The Labute approximate surface area is 92.4 Å². The van der Waals surface area contributed by atoms with Gasteiger partial charge in [0, 0.05) is 17.6 Å². The van der Waals surface area contributed by atoms with Crippen LogP contribution in [0.2, 0.25) is 5.02 Å². The predicted molar refractivity (Wildman–Crippen MR) is 55.3 cm³/mol. The van der Waals surface area contributed by atoms with E-state index in [1.807, 2.05) is 6.07 Å². The number of carbonyl (C=O) groups is 1. The van der Waals surface area contributed by atoms with Crippen molar-refractivity contribution in [3.05, 3.63) is 34.9 Å². The third-order valence-corrected chi connectivity index (χ3v) is 1.93. The van der Waals surface area contributed by atoms with Gasteiger partial charge in [0.15, 0.2) is 0 Å². The van der Waals surface area contributed by atoms with E-state index in [9.17, 15) is 4.79 Å². The first-order valence-corrected chi connectivity index (χ1v) is 4.58. The molecule has 0 spiro atoms. The third-order valence-electron chi connectivity index (χ3n) is 1.70. The van der Waals surface area contributed by atoms with Crippen LogP contribution in [0.15, 0.2) is 24.3 Å². The number of rotatable bonds is 2. The second kappa shape index (κ2) is 5.23. The average Bonchev–Trinajstić information content (AvgIpc) is 2.25. The number of nitriles is 1. The van der Waals surface area contributed by atoms with Gasteiger partial charge in [-0.05, 0) is 12.1 Å². The molecular weight excluding hydrogens is 216 g/mol. The van der Waals surface area contributed by atoms with Gasteiger partial charge in [-0.3, -0.25) is 0 Å². The highest BCUT2D eigenvalue weighted by Gasteiger charge is 2.14. The van der Waals surface area contributed by atoms with E-state index < -0.39 is 12.2 Å². The molecule has 1 N–H and O–H groups in total. The second-order valence-electron chi connectivity index (χ2n) is 2.72. The summed E-state index contributed by atoms with van der Waals surface area (Å²) in [5.74, 6) is 0. The van der Waals surface area contributed by atoms with Gasteiger partial charge in [0.2, 0.25) is 6.10 Å². The Morgan fingerprint density at radius 3 is 2.93 bits per heavy atom. The Morgan fingerprint density at radius 1 is 1.67 bits per heavy atom. The van der Waals surface area contributed by atoms with Gasteiger partial charge in [0.05, 0.1) is 0 Å². The summed E-state index contributed by atoms with van der Waals surface area (Å²) in [7, 11) is 1.43. The van der Waals surface area contributed by atoms with Crippen LogP contribution in [-0.2, 0) is 4.74 Å². The summed E-state index contributed by atoms with van der Waals surface area (Å²) in [6.07, 6.45) is -1.59. The monoisotopic (exact) mass is 224 g/mol. The summed E-state index contributed by atoms with van der Waals surface area (Å²) < 4.78 is 4.82. The number of carbonyl (C=O) groups excluding carboxylic acids is 1. The van der Waals surface area contributed by atoms with Crippen molar-refractivity contribution < 1.29 is 9.53 Å². The summed E-state index contributed by atoms with van der Waals surface area (Å²) in [6.45, 7) is 0. The molecule has 1 rings (SSSR count). The number of nitrogens with zero attached hydrogens (tertiary/aromatic N) is 1. The molecule has 0 fully saturated rings. The van der Waals surface area contributed by atoms with Crippen LogP contribution in [0.5, 0.6) is 0 Å². The SMILES string of the molecule is CNC(=O)OC(C#N)c1cccc(Cl)c1. The molecule has 1 atom stereocenters. The van der Waals surface area contributed by atoms with Crippen molar-refractivity contribution in [3.8, 4) is 6.07 Å². The minimum Gasteiger partial charge on any atom is -0.426 e. The molecule has 0 aliphatic heterocycles. The molecule has 0 bridgehead atoms. The Kier molecular flexibility index (Phi) is 3.95. The van der Waals surface area contributed by atoms with E-state index in [1.54, 1.807) is 24.3 Å². The lowest BCUT2D eigenvalue weighted by molar-refractivity contribution is 0.125. The van der Waals surface area contributed by atoms with E-state index in [1.165, 1.54) is 7.05 Å². The second-order valence-corrected chi connectivity index (χ2v) is 3.16. The molecule has 0 saturated heterocycles. The Morgan fingerprint density at radius 2 is 2.40 bits per heavy atom. The van der Waals surface area contributed by atoms with Crippen molar-refractivity contribution >= 4 is 17.7 Å². The summed E-state index contributed by atoms with van der Waals surface area (Å²) in [5.41, 5.74) is 0.550. The number of alkyl carbamates (subject to hydrolysis) is 1. The minimum atomic E-state index is -0.941. The molecule has 1 amide bonds. The van der Waals surface area contributed by atoms with Gasteiger partial charge in [-0.15, -0.1) is 0 Å². The van der Waals surface area contributed by atoms with Crippen LogP contribution >= 0.6 is 11.6 Å². The highest BCUT2D eigenvalue weighted by Crippen LogP contribution is 2.20. The number of ether oxygens (including phenoxy) is 1. The molecule has 5 heteroatoms. The highest BCUT2D eigenvalue weighted by molar-refractivity contribution is 6.30. The number of halogens is 1. The number of hydrogen-bond acceptors (Lipinski definition) is 3. The fourth-order valence-electron chi connectivity index (χ4n) is 1.00. The average molecular weight is 225 g/mol. The first-order chi connectivity index (χ1) is 7.17. The van der Waals surface area contributed by atoms with Crippen LogP contribution < -0.4 is 5.32 Å². The van der Waals surface area contributed by atoms with Gasteiger partial charge in [-0.1, -0.05) is 23.7 Å². The Hall–Kier alpha value is -1.73. The van der Waals surface area contributed by atoms with E-state index in [2.05, 4.69) is 5.32 Å². The van der Waals surface area contributed by atoms with Gasteiger partial charge in [-0.25, -0.2) is 4.79 Å². The molecular formula is C10H9ClN2O2. The molecule has 0 radical (unpaired) electrons. The molecule has 1 aromatic rings. The molecule has 0 aromatic heterocycles. The van der Waals surface area contributed by atoms with Crippen molar-refractivity contribution in [2.75, 3.05) is 7.05 Å². The Balaban J connectivity index is 2.84. The van der Waals surface area contributed by atoms with Crippen molar-refractivity contribution in [1.29, 1.82) is 5.26 Å². The quantitative estimate of drug-likeness (QED) is 0.838. The highest BCUT2D eigenvalue weighted by atomic mass is 35.5. The van der Waals surface area contributed by atoms with Crippen molar-refractivity contribution in [1.82, 2.24) is 5.32 Å². The van der Waals surface area contributed by atoms with Gasteiger partial charge < -0.3 is 10.1 Å². The summed E-state index contributed by atoms with van der Waals surface area (Å²) in [5, 5.41) is 11.6. The molecule has 0 aliphatic rings. The number of nitrogens with one attached hydrogen (secondary N) is 1. The lowest BCUT2D eigenvalue weighted by atomic mass is 10.1. The van der Waals surface area contributed by atoms with Crippen LogP contribution in [0, 0.1) is 11.3 Å². The Bertz CT molecular complexity index is 401. The van der Waals surface area contributed by atoms with Gasteiger partial charge in [0.25, 0.3) is 0 Å². The lowest BCUT2D eigenvalue weighted by Crippen LogP contribution is -2.21. The first-order valence-electron chi connectivity index (χ1n) is 4.21. The van der Waals surface area contributed by atoms with Gasteiger partial charge in [-0.2, -0.15) is 5.26 Å². The smallest absolute Gasteiger partial charge is 0.408 e. The summed E-state index contributed by atoms with van der Waals surface area (Å²) in [6, 6.07) is 8.49. The predicted octanol–water partition coefficient (Wildman–Crippen LogP) is 2.26. The van der Waals surface area contributed by atoms with Crippen molar-refractivity contribution in [3.63, 3.8) is 0 Å². The molecule has 0 aliphatic carbocycles. The van der Waals surface area contributed by atoms with Gasteiger partial charge in [0.1, 0.15) is 6.07 Å². The van der Waals surface area contributed by atoms with E-state index in [0.717, 1.165) is 0 Å². The van der Waals surface area contributed by atoms with Crippen LogP contribution in [0.4, 0.5) is 4.79 Å². The fourth-order valence-corrected chi connectivity index (χ4v) is 1.20. The zero-order valence-electron chi connectivity index (χ0n) is 8.03. The molecule has 1 unspecified atom stereocenters. The van der Waals surface area contributed by atoms with Crippen molar-refractivity contribution in [2.24, 2.45) is 0 Å². The lowest BCUT2D eigenvalue weighted by Gasteiger charge is -2.10. The molecule has 4 nitrogen and oxygen atoms in total. The number of benzene rings is 1. The fraction of sp³-hybridized carbons (Fsp3) is 0.200. The largest absolute Gasteiger partial charge is 0.426 e. The molecule has 15 heavy (non-hydrogen) atoms. The van der Waals surface area contributed by atoms with Gasteiger partial charge >= 0.3 is 6.09 Å². The molecule has 0 saturated carbocycles. The topological polar surface area (TPSA) is 62.1 Å². The standard InChI is InChI=1S/C10H9ClN2O2/c1-13-10(14)15-9(6-12)7-3-2-4-8(11)5-7/h2-5,9H,1H3,(H,13,14). The zero-order chi connectivity index (χ0) is 11.3. The number of hydrogen-bond donors (Lipinski definition) is 1. The summed E-state index contributed by atoms with van der Waals surface area (Å²) in [4.78, 5) is 10.9. The third kappa shape index (κ3) is 3.15. The number of amides is 1. The minimum absolute atomic E-state index is 0.494. The van der Waals surface area contributed by atoms with Crippen LogP contribution in [0.1, 0.15) is 11.7 Å². The van der Waals surface area contributed by atoms with E-state index in [0.29, 0.717) is 10.6 Å². The maximum absolute atomic E-state index is 10.9. The van der Waals surface area contributed by atoms with E-state index in [4.69, 9.17) is 21.6 Å². The van der Waals surface area contributed by atoms with Crippen LogP contribution in [0.25, 0.3) is 0 Å². The van der Waals surface area contributed by atoms with E-state index in [-0.39, 0.29) is 0 Å². The first kappa shape index (κ1) is 11.3. The maximum Gasteiger partial charge on any atom is 0.408 e. The molecule has 0 heterocycles. The van der Waals surface area contributed by atoms with Crippen LogP contribution in [0.3, 0.4) is 0 Å². The normalized spacial score (nSPS) is 11.3. The molecule has 78 valence electrons. The summed E-state index contributed by atoms with van der Waals surface area (Å²) >= 11 is 5.75. The maximum atomic E-state index is 10.9. The molecule has 1 aromatic carbocycles. The zero-order valence-corrected chi connectivity index (χ0v) is 8.78. The van der Waals surface area contributed by atoms with E-state index >= 15 is 0 Å².